The molecule has 1 aromatic heterocycles. The molecule has 1 aliphatic heterocycles. The van der Waals surface area contributed by atoms with Gasteiger partial charge >= 0.3 is 6.09 Å². The first-order valence-corrected chi connectivity index (χ1v) is 7.46. The predicted octanol–water partition coefficient (Wildman–Crippen LogP) is 3.09. The van der Waals surface area contributed by atoms with Crippen molar-refractivity contribution in [1.82, 2.24) is 9.88 Å². The number of aromatic nitrogens is 1. The van der Waals surface area contributed by atoms with Crippen LogP contribution in [-0.4, -0.2) is 34.7 Å². The molecule has 1 aromatic rings. The van der Waals surface area contributed by atoms with Gasteiger partial charge in [0.25, 0.3) is 0 Å². The Balaban J connectivity index is 1.94. The monoisotopic (exact) mass is 291 g/mol. The van der Waals surface area contributed by atoms with E-state index in [0.29, 0.717) is 19.0 Å². The molecular formula is C16H25N3O2. The van der Waals surface area contributed by atoms with Gasteiger partial charge in [-0.3, -0.25) is 4.98 Å². The smallest absolute Gasteiger partial charge is 0.410 e. The number of anilines is 1. The van der Waals surface area contributed by atoms with E-state index in [1.54, 1.807) is 4.90 Å². The number of aryl methyl sites for hydroxylation is 1. The second kappa shape index (κ2) is 5.92. The van der Waals surface area contributed by atoms with Crippen molar-refractivity contribution in [2.24, 2.45) is 0 Å². The van der Waals surface area contributed by atoms with Gasteiger partial charge in [-0.15, -0.1) is 0 Å². The fourth-order valence-corrected chi connectivity index (χ4v) is 2.51. The zero-order chi connectivity index (χ0) is 15.6. The van der Waals surface area contributed by atoms with Crippen molar-refractivity contribution in [1.29, 1.82) is 0 Å². The molecule has 2 rings (SSSR count). The number of nitrogens with two attached hydrogens (primary N) is 1. The second-order valence-corrected chi connectivity index (χ2v) is 6.68. The Morgan fingerprint density at radius 2 is 2.00 bits per heavy atom. The molecule has 1 saturated heterocycles. The zero-order valence-electron chi connectivity index (χ0n) is 13.3. The Morgan fingerprint density at radius 1 is 1.38 bits per heavy atom. The van der Waals surface area contributed by atoms with Gasteiger partial charge in [0.05, 0.1) is 11.4 Å². The molecule has 1 aliphatic rings. The van der Waals surface area contributed by atoms with E-state index in [2.05, 4.69) is 4.98 Å². The predicted molar refractivity (Wildman–Crippen MR) is 83.2 cm³/mol. The fourth-order valence-electron chi connectivity index (χ4n) is 2.51. The number of piperidine rings is 1. The van der Waals surface area contributed by atoms with Crippen LogP contribution in [0.5, 0.6) is 0 Å². The third kappa shape index (κ3) is 4.09. The summed E-state index contributed by atoms with van der Waals surface area (Å²) >= 11 is 0. The molecule has 0 saturated carbocycles. The number of nitrogen functional groups attached to an aromatic ring is 1. The van der Waals surface area contributed by atoms with Crippen LogP contribution in [0.15, 0.2) is 12.3 Å². The van der Waals surface area contributed by atoms with Crippen molar-refractivity contribution < 1.29 is 9.53 Å². The number of pyridine rings is 1. The molecule has 1 fully saturated rings. The van der Waals surface area contributed by atoms with E-state index in [-0.39, 0.29) is 6.09 Å². The summed E-state index contributed by atoms with van der Waals surface area (Å²) < 4.78 is 5.41. The number of rotatable bonds is 1. The van der Waals surface area contributed by atoms with Crippen LogP contribution in [0.4, 0.5) is 10.5 Å². The first kappa shape index (κ1) is 15.6. The highest BCUT2D eigenvalue weighted by molar-refractivity contribution is 5.68. The maximum atomic E-state index is 12.0. The molecule has 116 valence electrons. The van der Waals surface area contributed by atoms with Gasteiger partial charge in [-0.2, -0.15) is 0 Å². The van der Waals surface area contributed by atoms with E-state index in [1.807, 2.05) is 40.0 Å². The molecule has 0 aromatic carbocycles. The van der Waals surface area contributed by atoms with Crippen LogP contribution >= 0.6 is 0 Å². The Bertz CT molecular complexity index is 515. The van der Waals surface area contributed by atoms with E-state index in [1.165, 1.54) is 5.56 Å². The van der Waals surface area contributed by atoms with Crippen molar-refractivity contribution in [3.8, 4) is 0 Å². The summed E-state index contributed by atoms with van der Waals surface area (Å²) in [6.45, 7) is 9.00. The number of nitrogens with zero attached hydrogens (tertiary/aromatic N) is 2. The number of hydrogen-bond donors (Lipinski definition) is 1. The van der Waals surface area contributed by atoms with Crippen molar-refractivity contribution >= 4 is 11.8 Å². The number of ether oxygens (including phenoxy) is 1. The molecule has 0 radical (unpaired) electrons. The third-order valence-corrected chi connectivity index (χ3v) is 3.77. The molecule has 0 aliphatic carbocycles. The lowest BCUT2D eigenvalue weighted by atomic mass is 9.90. The minimum absolute atomic E-state index is 0.220. The van der Waals surface area contributed by atoms with Crippen molar-refractivity contribution in [2.75, 3.05) is 18.8 Å². The first-order valence-electron chi connectivity index (χ1n) is 7.46. The SMILES string of the molecule is Cc1ncc(C2CCN(C(=O)OC(C)(C)C)CC2)cc1N. The molecule has 2 heterocycles. The summed E-state index contributed by atoms with van der Waals surface area (Å²) in [5.74, 6) is 0.416. The minimum atomic E-state index is -0.441. The third-order valence-electron chi connectivity index (χ3n) is 3.77. The van der Waals surface area contributed by atoms with Crippen molar-refractivity contribution in [3.05, 3.63) is 23.5 Å². The Morgan fingerprint density at radius 3 is 2.52 bits per heavy atom. The van der Waals surface area contributed by atoms with Gasteiger partial charge in [-0.25, -0.2) is 4.79 Å². The Hall–Kier alpha value is -1.78. The van der Waals surface area contributed by atoms with Crippen molar-refractivity contribution in [3.63, 3.8) is 0 Å². The van der Waals surface area contributed by atoms with Crippen LogP contribution in [0.25, 0.3) is 0 Å². The van der Waals surface area contributed by atoms with Gasteiger partial charge < -0.3 is 15.4 Å². The summed E-state index contributed by atoms with van der Waals surface area (Å²) in [5, 5.41) is 0. The first-order chi connectivity index (χ1) is 9.76. The van der Waals surface area contributed by atoms with Crippen LogP contribution in [0.2, 0.25) is 0 Å². The number of likely N-dealkylation sites (tertiary alicyclic amines) is 1. The molecule has 2 N–H and O–H groups in total. The summed E-state index contributed by atoms with van der Waals surface area (Å²) in [7, 11) is 0. The van der Waals surface area contributed by atoms with E-state index < -0.39 is 5.60 Å². The molecule has 5 heteroatoms. The maximum Gasteiger partial charge on any atom is 0.410 e. The molecule has 1 amide bonds. The number of hydrogen-bond acceptors (Lipinski definition) is 4. The number of carbonyl (C=O) groups is 1. The summed E-state index contributed by atoms with van der Waals surface area (Å²) in [6, 6.07) is 2.01. The minimum Gasteiger partial charge on any atom is -0.444 e. The van der Waals surface area contributed by atoms with Gasteiger partial charge in [-0.05, 0) is 58.1 Å². The van der Waals surface area contributed by atoms with Crippen LogP contribution in [0.1, 0.15) is 50.8 Å². The quantitative estimate of drug-likeness (QED) is 0.863. The molecule has 0 atom stereocenters. The standard InChI is InChI=1S/C16H25N3O2/c1-11-14(17)9-13(10-18-11)12-5-7-19(8-6-12)15(20)21-16(2,3)4/h9-10,12H,5-8,17H2,1-4H3. The zero-order valence-corrected chi connectivity index (χ0v) is 13.3. The van der Waals surface area contributed by atoms with Gasteiger partial charge in [-0.1, -0.05) is 0 Å². The average molecular weight is 291 g/mol. The lowest BCUT2D eigenvalue weighted by Crippen LogP contribution is -2.41. The molecule has 0 spiro atoms. The van der Waals surface area contributed by atoms with Crippen LogP contribution in [0, 0.1) is 6.92 Å². The largest absolute Gasteiger partial charge is 0.444 e. The topological polar surface area (TPSA) is 68.5 Å². The van der Waals surface area contributed by atoms with Gasteiger partial charge in [0.2, 0.25) is 0 Å². The summed E-state index contributed by atoms with van der Waals surface area (Å²) in [4.78, 5) is 18.1. The van der Waals surface area contributed by atoms with Crippen LogP contribution < -0.4 is 5.73 Å². The number of amides is 1. The highest BCUT2D eigenvalue weighted by Gasteiger charge is 2.27. The Kier molecular flexibility index (Phi) is 4.40. The van der Waals surface area contributed by atoms with Crippen LogP contribution in [-0.2, 0) is 4.74 Å². The average Bonchev–Trinajstić information content (AvgIpc) is 2.40. The lowest BCUT2D eigenvalue weighted by molar-refractivity contribution is 0.0205. The summed E-state index contributed by atoms with van der Waals surface area (Å²) in [6.07, 6.45) is 3.52. The normalized spacial score (nSPS) is 16.9. The van der Waals surface area contributed by atoms with E-state index >= 15 is 0 Å². The molecular weight excluding hydrogens is 266 g/mol. The summed E-state index contributed by atoms with van der Waals surface area (Å²) in [5.41, 5.74) is 8.26. The van der Waals surface area contributed by atoms with Crippen LogP contribution in [0.3, 0.4) is 0 Å². The second-order valence-electron chi connectivity index (χ2n) is 6.68. The number of carbonyl (C=O) groups excluding carboxylic acids is 1. The Labute approximate surface area is 126 Å². The molecule has 21 heavy (non-hydrogen) atoms. The van der Waals surface area contributed by atoms with E-state index in [4.69, 9.17) is 10.5 Å². The fraction of sp³-hybridized carbons (Fsp3) is 0.625. The maximum absolute atomic E-state index is 12.0. The van der Waals surface area contributed by atoms with Gasteiger partial charge in [0.1, 0.15) is 5.60 Å². The molecule has 5 nitrogen and oxygen atoms in total. The van der Waals surface area contributed by atoms with Gasteiger partial charge in [0.15, 0.2) is 0 Å². The van der Waals surface area contributed by atoms with Gasteiger partial charge in [0, 0.05) is 19.3 Å². The highest BCUT2D eigenvalue weighted by atomic mass is 16.6. The highest BCUT2D eigenvalue weighted by Crippen LogP contribution is 2.29. The van der Waals surface area contributed by atoms with Crippen molar-refractivity contribution in [2.45, 2.75) is 52.1 Å². The van der Waals surface area contributed by atoms with E-state index in [9.17, 15) is 4.79 Å². The lowest BCUT2D eigenvalue weighted by Gasteiger charge is -2.33. The molecule has 0 bridgehead atoms. The van der Waals surface area contributed by atoms with E-state index in [0.717, 1.165) is 24.2 Å². The molecule has 0 unspecified atom stereocenters.